The lowest BCUT2D eigenvalue weighted by Gasteiger charge is -2.40. The number of likely N-dealkylation sites (tertiary alicyclic amines) is 1. The summed E-state index contributed by atoms with van der Waals surface area (Å²) in [7, 11) is 0. The lowest BCUT2D eigenvalue weighted by atomic mass is 9.96. The SMILES string of the molecule is CCC(CC)Nc1cc(C(=O)NC2CC3CCC(C2)N3c2ccc(C(=O)N[C@H]3CCN(C(C)C)C3)cn2)ccc1C(N)=O. The van der Waals surface area contributed by atoms with Crippen LogP contribution in [0.2, 0.25) is 0 Å². The van der Waals surface area contributed by atoms with Crippen LogP contribution in [0, 0.1) is 0 Å². The van der Waals surface area contributed by atoms with Crippen molar-refractivity contribution in [1.82, 2.24) is 20.5 Å². The predicted molar refractivity (Wildman–Crippen MR) is 170 cm³/mol. The van der Waals surface area contributed by atoms with Gasteiger partial charge in [0.15, 0.2) is 0 Å². The Morgan fingerprint density at radius 3 is 2.16 bits per heavy atom. The van der Waals surface area contributed by atoms with Gasteiger partial charge in [0.2, 0.25) is 0 Å². The number of carbonyl (C=O) groups excluding carboxylic acids is 3. The molecular weight excluding hydrogens is 542 g/mol. The van der Waals surface area contributed by atoms with E-state index in [0.29, 0.717) is 28.4 Å². The van der Waals surface area contributed by atoms with Crippen LogP contribution in [0.25, 0.3) is 0 Å². The third-order valence-corrected chi connectivity index (χ3v) is 9.52. The van der Waals surface area contributed by atoms with Crippen LogP contribution < -0.4 is 26.6 Å². The molecule has 4 heterocycles. The average Bonchev–Trinajstić information content (AvgIpc) is 3.57. The van der Waals surface area contributed by atoms with Crippen molar-refractivity contribution in [2.45, 2.75) is 109 Å². The quantitative estimate of drug-likeness (QED) is 0.312. The highest BCUT2D eigenvalue weighted by Gasteiger charge is 2.42. The molecule has 5 N–H and O–H groups in total. The highest BCUT2D eigenvalue weighted by atomic mass is 16.2. The van der Waals surface area contributed by atoms with E-state index in [1.165, 1.54) is 0 Å². The van der Waals surface area contributed by atoms with Crippen molar-refractivity contribution in [1.29, 1.82) is 0 Å². The van der Waals surface area contributed by atoms with Crippen molar-refractivity contribution in [3.63, 3.8) is 0 Å². The molecule has 2 unspecified atom stereocenters. The highest BCUT2D eigenvalue weighted by molar-refractivity contribution is 6.02. The number of aromatic nitrogens is 1. The summed E-state index contributed by atoms with van der Waals surface area (Å²) in [6.45, 7) is 10.4. The Kier molecular flexibility index (Phi) is 9.54. The number of fused-ring (bicyclic) bond motifs is 2. The van der Waals surface area contributed by atoms with Crippen LogP contribution in [0.4, 0.5) is 11.5 Å². The van der Waals surface area contributed by atoms with E-state index in [9.17, 15) is 14.4 Å². The summed E-state index contributed by atoms with van der Waals surface area (Å²) in [5.74, 6) is 0.160. The first-order chi connectivity index (χ1) is 20.7. The molecule has 3 aliphatic rings. The fourth-order valence-electron chi connectivity index (χ4n) is 6.99. The van der Waals surface area contributed by atoms with E-state index in [1.807, 2.05) is 12.1 Å². The third-order valence-electron chi connectivity index (χ3n) is 9.52. The monoisotopic (exact) mass is 589 g/mol. The van der Waals surface area contributed by atoms with Gasteiger partial charge >= 0.3 is 0 Å². The topological polar surface area (TPSA) is 133 Å². The van der Waals surface area contributed by atoms with Crippen molar-refractivity contribution in [2.75, 3.05) is 23.3 Å². The van der Waals surface area contributed by atoms with E-state index >= 15 is 0 Å². The number of hydrogen-bond donors (Lipinski definition) is 4. The minimum Gasteiger partial charge on any atom is -0.382 e. The van der Waals surface area contributed by atoms with E-state index in [1.54, 1.807) is 24.4 Å². The van der Waals surface area contributed by atoms with Crippen molar-refractivity contribution >= 4 is 29.2 Å². The zero-order chi connectivity index (χ0) is 30.7. The fourth-order valence-corrected chi connectivity index (χ4v) is 6.99. The largest absolute Gasteiger partial charge is 0.382 e. The first kappa shape index (κ1) is 30.8. The molecule has 3 saturated heterocycles. The lowest BCUT2D eigenvalue weighted by Crippen LogP contribution is -2.50. The maximum absolute atomic E-state index is 13.3. The van der Waals surface area contributed by atoms with Crippen molar-refractivity contribution in [3.05, 3.63) is 53.2 Å². The molecule has 43 heavy (non-hydrogen) atoms. The Labute approximate surface area is 255 Å². The summed E-state index contributed by atoms with van der Waals surface area (Å²) in [5.41, 5.74) is 7.70. The number of benzene rings is 1. The lowest BCUT2D eigenvalue weighted by molar-refractivity contribution is 0.0922. The van der Waals surface area contributed by atoms with Crippen LogP contribution in [0.15, 0.2) is 36.5 Å². The molecule has 0 saturated carbocycles. The zero-order valence-electron chi connectivity index (χ0n) is 25.9. The number of amides is 3. The van der Waals surface area contributed by atoms with Crippen LogP contribution in [0.3, 0.4) is 0 Å². The van der Waals surface area contributed by atoms with Gasteiger partial charge in [0.25, 0.3) is 17.7 Å². The molecule has 3 aliphatic heterocycles. The second-order valence-corrected chi connectivity index (χ2v) is 12.7. The van der Waals surface area contributed by atoms with Gasteiger partial charge in [-0.15, -0.1) is 0 Å². The van der Waals surface area contributed by atoms with Crippen LogP contribution in [0.1, 0.15) is 104 Å². The van der Waals surface area contributed by atoms with Crippen LogP contribution in [-0.4, -0.2) is 76.9 Å². The number of carbonyl (C=O) groups is 3. The van der Waals surface area contributed by atoms with Crippen molar-refractivity contribution < 1.29 is 14.4 Å². The molecule has 3 atom stereocenters. The minimum atomic E-state index is -0.515. The number of nitrogens with two attached hydrogens (primary N) is 1. The Hall–Kier alpha value is -3.66. The summed E-state index contributed by atoms with van der Waals surface area (Å²) in [6, 6.07) is 10.4. The molecule has 3 fully saturated rings. The average molecular weight is 590 g/mol. The van der Waals surface area contributed by atoms with E-state index in [-0.39, 0.29) is 42.0 Å². The van der Waals surface area contributed by atoms with E-state index < -0.39 is 5.91 Å². The number of piperidine rings is 1. The number of anilines is 2. The third kappa shape index (κ3) is 6.95. The summed E-state index contributed by atoms with van der Waals surface area (Å²) in [5, 5.41) is 9.81. The van der Waals surface area contributed by atoms with E-state index in [2.05, 4.69) is 53.4 Å². The van der Waals surface area contributed by atoms with Gasteiger partial charge in [0.05, 0.1) is 11.1 Å². The van der Waals surface area contributed by atoms with E-state index in [4.69, 9.17) is 10.7 Å². The maximum Gasteiger partial charge on any atom is 0.253 e. The van der Waals surface area contributed by atoms with Gasteiger partial charge in [-0.2, -0.15) is 0 Å². The predicted octanol–water partition coefficient (Wildman–Crippen LogP) is 3.92. The highest BCUT2D eigenvalue weighted by Crippen LogP contribution is 2.38. The van der Waals surface area contributed by atoms with Gasteiger partial charge in [0, 0.05) is 66.8 Å². The zero-order valence-corrected chi connectivity index (χ0v) is 25.9. The van der Waals surface area contributed by atoms with Gasteiger partial charge in [-0.25, -0.2) is 4.98 Å². The number of rotatable bonds is 11. The molecule has 3 amide bonds. The maximum atomic E-state index is 13.3. The Morgan fingerprint density at radius 2 is 1.58 bits per heavy atom. The molecule has 2 aromatic rings. The Bertz CT molecular complexity index is 1300. The first-order valence-corrected chi connectivity index (χ1v) is 16.0. The number of hydrogen-bond acceptors (Lipinski definition) is 7. The van der Waals surface area contributed by atoms with Crippen LogP contribution in [-0.2, 0) is 0 Å². The smallest absolute Gasteiger partial charge is 0.253 e. The molecule has 2 bridgehead atoms. The van der Waals surface area contributed by atoms with Gasteiger partial charge in [-0.05, 0) is 89.1 Å². The molecule has 0 spiro atoms. The molecule has 10 heteroatoms. The second kappa shape index (κ2) is 13.3. The standard InChI is InChI=1S/C33H47N7O3/c1-5-23(6-2)36-29-15-21(7-11-28(29)31(34)41)32(42)38-25-16-26-9-10-27(17-25)40(26)30-12-8-22(18-35-30)33(43)37-24-13-14-39(19-24)20(3)4/h7-8,11-12,15,18,20,23-27,36H,5-6,9-10,13-14,16-17,19H2,1-4H3,(H2,34,41)(H,37,43)(H,38,42)/t24-,25?,26?,27?/m0/s1. The molecule has 10 nitrogen and oxygen atoms in total. The molecule has 0 aliphatic carbocycles. The Balaban J connectivity index is 1.19. The fraction of sp³-hybridized carbons (Fsp3) is 0.576. The first-order valence-electron chi connectivity index (χ1n) is 16.0. The summed E-state index contributed by atoms with van der Waals surface area (Å²) in [6.07, 6.45) is 8.22. The van der Waals surface area contributed by atoms with Gasteiger partial charge in [-0.1, -0.05) is 13.8 Å². The normalized spacial score (nSPS) is 23.5. The van der Waals surface area contributed by atoms with Crippen LogP contribution >= 0.6 is 0 Å². The van der Waals surface area contributed by atoms with Gasteiger partial charge < -0.3 is 26.6 Å². The molecular formula is C33H47N7O3. The summed E-state index contributed by atoms with van der Waals surface area (Å²) in [4.78, 5) is 47.7. The molecule has 5 rings (SSSR count). The number of nitrogens with one attached hydrogen (secondary N) is 3. The van der Waals surface area contributed by atoms with Crippen LogP contribution in [0.5, 0.6) is 0 Å². The molecule has 1 aromatic carbocycles. The number of pyridine rings is 1. The minimum absolute atomic E-state index is 0.0503. The molecule has 1 aromatic heterocycles. The number of primary amides is 1. The Morgan fingerprint density at radius 1 is 0.930 bits per heavy atom. The van der Waals surface area contributed by atoms with Gasteiger partial charge in [0.1, 0.15) is 5.82 Å². The summed E-state index contributed by atoms with van der Waals surface area (Å²) < 4.78 is 0. The second-order valence-electron chi connectivity index (χ2n) is 12.7. The summed E-state index contributed by atoms with van der Waals surface area (Å²) >= 11 is 0. The number of nitrogens with zero attached hydrogens (tertiary/aromatic N) is 3. The van der Waals surface area contributed by atoms with Gasteiger partial charge in [-0.3, -0.25) is 19.3 Å². The van der Waals surface area contributed by atoms with E-state index in [0.717, 1.165) is 63.9 Å². The van der Waals surface area contributed by atoms with Crippen molar-refractivity contribution in [3.8, 4) is 0 Å². The molecule has 232 valence electrons. The molecule has 0 radical (unpaired) electrons. The van der Waals surface area contributed by atoms with Crippen molar-refractivity contribution in [2.24, 2.45) is 5.73 Å².